The summed E-state index contributed by atoms with van der Waals surface area (Å²) in [4.78, 5) is 22.9. The Kier molecular flexibility index (Phi) is 41.4. The molecule has 1 N–H and O–H groups in total. The summed E-state index contributed by atoms with van der Waals surface area (Å²) in [5.74, 6) is -0.309. The smallest absolute Gasteiger partial charge is 0.457 e. The first-order chi connectivity index (χ1) is 27.6. The fourth-order valence-electron chi connectivity index (χ4n) is 7.02. The third kappa shape index (κ3) is 46.2. The molecule has 2 atom stereocenters. The number of allylic oxidation sites excluding steroid dienone is 2. The molecule has 0 aliphatic carbocycles. The van der Waals surface area contributed by atoms with Gasteiger partial charge in [-0.05, 0) is 38.5 Å². The maximum absolute atomic E-state index is 12.7. The summed E-state index contributed by atoms with van der Waals surface area (Å²) >= 11 is 0. The van der Waals surface area contributed by atoms with E-state index in [-0.39, 0.29) is 25.8 Å². The predicted octanol–water partition coefficient (Wildman–Crippen LogP) is 14.6. The van der Waals surface area contributed by atoms with Crippen LogP contribution in [0.1, 0.15) is 232 Å². The highest BCUT2D eigenvalue weighted by Crippen LogP contribution is 2.43. The fraction of sp³-hybridized carbons (Fsp3) is 0.938. The first-order valence-corrected chi connectivity index (χ1v) is 25.9. The van der Waals surface area contributed by atoms with Crippen molar-refractivity contribution in [1.29, 1.82) is 0 Å². The molecule has 0 amide bonds. The van der Waals surface area contributed by atoms with Crippen molar-refractivity contribution in [3.05, 3.63) is 12.2 Å². The van der Waals surface area contributed by atoms with Gasteiger partial charge in [-0.3, -0.25) is 13.8 Å². The zero-order valence-electron chi connectivity index (χ0n) is 38.6. The minimum Gasteiger partial charge on any atom is -0.457 e. The summed E-state index contributed by atoms with van der Waals surface area (Å²) in [6.07, 6.45) is 46.7. The van der Waals surface area contributed by atoms with Crippen LogP contribution in [0.2, 0.25) is 0 Å². The Morgan fingerprint density at radius 1 is 0.526 bits per heavy atom. The van der Waals surface area contributed by atoms with E-state index in [1.54, 1.807) is 0 Å². The van der Waals surface area contributed by atoms with Crippen molar-refractivity contribution in [1.82, 2.24) is 0 Å². The SMILES string of the molecule is CCCCCCCC/C=C\CCCCCCCCCCCCOCC(COP(=O)(O)OCC[N+](C)(C)C)OC(=O)CCCCCCCCCCCCCCCCC. The zero-order valence-corrected chi connectivity index (χ0v) is 39.5. The van der Waals surface area contributed by atoms with E-state index < -0.39 is 13.9 Å². The number of esters is 1. The molecule has 0 aliphatic heterocycles. The largest absolute Gasteiger partial charge is 0.472 e. The number of hydrogen-bond acceptors (Lipinski definition) is 6. The Morgan fingerprint density at radius 2 is 0.912 bits per heavy atom. The summed E-state index contributed by atoms with van der Waals surface area (Å²) < 4.78 is 35.1. The number of hydrogen-bond donors (Lipinski definition) is 1. The normalized spacial score (nSPS) is 13.7. The molecule has 0 aromatic rings. The summed E-state index contributed by atoms with van der Waals surface area (Å²) in [5.41, 5.74) is 0. The van der Waals surface area contributed by atoms with Crippen molar-refractivity contribution < 1.29 is 37.3 Å². The molecule has 0 bridgehead atoms. The summed E-state index contributed by atoms with van der Waals surface area (Å²) in [7, 11) is 1.68. The molecule has 0 rings (SSSR count). The van der Waals surface area contributed by atoms with E-state index in [1.807, 2.05) is 21.1 Å². The minimum atomic E-state index is -4.27. The Balaban J connectivity index is 4.12. The second kappa shape index (κ2) is 42.0. The van der Waals surface area contributed by atoms with Gasteiger partial charge in [0, 0.05) is 13.0 Å². The Labute approximate surface area is 354 Å². The molecule has 9 heteroatoms. The number of likely N-dealkylation sites (N-methyl/N-ethyl adjacent to an activating group) is 1. The monoisotopic (exact) mass is 831 g/mol. The van der Waals surface area contributed by atoms with Gasteiger partial charge in [0.1, 0.15) is 19.3 Å². The van der Waals surface area contributed by atoms with Crippen molar-refractivity contribution in [2.75, 3.05) is 54.1 Å². The van der Waals surface area contributed by atoms with E-state index in [1.165, 1.54) is 180 Å². The topological polar surface area (TPSA) is 91.3 Å². The number of phosphoric acid groups is 1. The van der Waals surface area contributed by atoms with E-state index in [0.29, 0.717) is 24.1 Å². The van der Waals surface area contributed by atoms with E-state index in [0.717, 1.165) is 32.1 Å². The molecule has 0 fully saturated rings. The molecular formula is C48H97NO7P+. The van der Waals surface area contributed by atoms with E-state index in [9.17, 15) is 14.3 Å². The lowest BCUT2D eigenvalue weighted by molar-refractivity contribution is -0.870. The first kappa shape index (κ1) is 56.2. The number of rotatable bonds is 46. The third-order valence-electron chi connectivity index (χ3n) is 10.8. The Hall–Kier alpha value is -0.760. The molecule has 0 spiro atoms. The summed E-state index contributed by atoms with van der Waals surface area (Å²) in [5, 5.41) is 0. The quantitative estimate of drug-likeness (QED) is 0.0215. The highest BCUT2D eigenvalue weighted by molar-refractivity contribution is 7.47. The number of unbranched alkanes of at least 4 members (excludes halogenated alkanes) is 30. The Morgan fingerprint density at radius 3 is 1.33 bits per heavy atom. The van der Waals surface area contributed by atoms with Gasteiger partial charge < -0.3 is 18.9 Å². The van der Waals surface area contributed by atoms with Crippen LogP contribution in [0.15, 0.2) is 12.2 Å². The maximum Gasteiger partial charge on any atom is 0.472 e. The molecule has 8 nitrogen and oxygen atoms in total. The number of phosphoric ester groups is 1. The van der Waals surface area contributed by atoms with Gasteiger partial charge in [-0.15, -0.1) is 0 Å². The summed E-state index contributed by atoms with van der Waals surface area (Å²) in [6, 6.07) is 0. The van der Waals surface area contributed by atoms with Gasteiger partial charge in [-0.2, -0.15) is 0 Å². The average molecular weight is 831 g/mol. The van der Waals surface area contributed by atoms with E-state index in [2.05, 4.69) is 26.0 Å². The highest BCUT2D eigenvalue weighted by atomic mass is 31.2. The molecule has 2 unspecified atom stereocenters. The number of ether oxygens (including phenoxy) is 2. The van der Waals surface area contributed by atoms with Crippen LogP contribution < -0.4 is 0 Å². The van der Waals surface area contributed by atoms with Crippen LogP contribution >= 0.6 is 7.82 Å². The summed E-state index contributed by atoms with van der Waals surface area (Å²) in [6.45, 7) is 5.67. The highest BCUT2D eigenvalue weighted by Gasteiger charge is 2.26. The van der Waals surface area contributed by atoms with Crippen LogP contribution in [0.5, 0.6) is 0 Å². The molecule has 0 radical (unpaired) electrons. The fourth-order valence-corrected chi connectivity index (χ4v) is 7.76. The van der Waals surface area contributed by atoms with Crippen LogP contribution in [0, 0.1) is 0 Å². The lowest BCUT2D eigenvalue weighted by Crippen LogP contribution is -2.37. The molecule has 0 saturated carbocycles. The van der Waals surface area contributed by atoms with Gasteiger partial charge in [0.2, 0.25) is 0 Å². The number of carbonyl (C=O) groups is 1. The van der Waals surface area contributed by atoms with Gasteiger partial charge in [0.25, 0.3) is 0 Å². The van der Waals surface area contributed by atoms with Gasteiger partial charge in [-0.25, -0.2) is 4.57 Å². The number of nitrogens with zero attached hydrogens (tertiary/aromatic N) is 1. The van der Waals surface area contributed by atoms with Crippen molar-refractivity contribution in [3.63, 3.8) is 0 Å². The Bertz CT molecular complexity index is 925. The van der Waals surface area contributed by atoms with Crippen molar-refractivity contribution in [2.45, 2.75) is 238 Å². The molecule has 0 aromatic heterocycles. The lowest BCUT2D eigenvalue weighted by atomic mass is 10.0. The van der Waals surface area contributed by atoms with Gasteiger partial charge in [-0.1, -0.05) is 199 Å². The van der Waals surface area contributed by atoms with Crippen LogP contribution in [0.25, 0.3) is 0 Å². The zero-order chi connectivity index (χ0) is 42.0. The van der Waals surface area contributed by atoms with Gasteiger partial charge >= 0.3 is 13.8 Å². The maximum atomic E-state index is 12.7. The van der Waals surface area contributed by atoms with Crippen molar-refractivity contribution in [3.8, 4) is 0 Å². The second-order valence-corrected chi connectivity index (χ2v) is 19.3. The van der Waals surface area contributed by atoms with Gasteiger partial charge in [0.05, 0.1) is 34.4 Å². The molecule has 0 aromatic carbocycles. The molecule has 57 heavy (non-hydrogen) atoms. The molecule has 0 saturated heterocycles. The molecule has 0 heterocycles. The molecular weight excluding hydrogens is 734 g/mol. The third-order valence-corrected chi connectivity index (χ3v) is 11.8. The number of quaternary nitrogens is 1. The van der Waals surface area contributed by atoms with Crippen molar-refractivity contribution in [2.24, 2.45) is 0 Å². The van der Waals surface area contributed by atoms with Crippen LogP contribution in [-0.4, -0.2) is 75.6 Å². The van der Waals surface area contributed by atoms with Crippen LogP contribution in [-0.2, 0) is 27.9 Å². The first-order valence-electron chi connectivity index (χ1n) is 24.4. The second-order valence-electron chi connectivity index (χ2n) is 17.9. The molecule has 340 valence electrons. The standard InChI is InChI=1S/C48H96NO7P/c1-6-8-10-12-14-16-18-20-22-23-24-25-26-28-30-32-34-36-38-40-43-53-45-47(46-55-57(51,52)54-44-42-49(3,4)5)56-48(50)41-39-37-35-33-31-29-27-21-19-17-15-13-11-9-7-2/h20,22,47H,6-19,21,23-46H2,1-5H3/p+1/b22-20-. The lowest BCUT2D eigenvalue weighted by Gasteiger charge is -2.24. The van der Waals surface area contributed by atoms with Crippen LogP contribution in [0.4, 0.5) is 0 Å². The minimum absolute atomic E-state index is 0.0919. The van der Waals surface area contributed by atoms with Crippen LogP contribution in [0.3, 0.4) is 0 Å². The van der Waals surface area contributed by atoms with Crippen molar-refractivity contribution >= 4 is 13.8 Å². The van der Waals surface area contributed by atoms with Gasteiger partial charge in [0.15, 0.2) is 0 Å². The average Bonchev–Trinajstić information content (AvgIpc) is 3.16. The molecule has 0 aliphatic rings. The predicted molar refractivity (Wildman–Crippen MR) is 243 cm³/mol. The van der Waals surface area contributed by atoms with E-state index in [4.69, 9.17) is 18.5 Å². The van der Waals surface area contributed by atoms with E-state index >= 15 is 0 Å². The number of carbonyl (C=O) groups excluding carboxylic acids is 1.